The van der Waals surface area contributed by atoms with Gasteiger partial charge in [0.2, 0.25) is 0 Å². The van der Waals surface area contributed by atoms with Crippen LogP contribution in [0.4, 0.5) is 0 Å². The van der Waals surface area contributed by atoms with E-state index in [-0.39, 0.29) is 11.5 Å². The van der Waals surface area contributed by atoms with Gasteiger partial charge < -0.3 is 5.11 Å². The van der Waals surface area contributed by atoms with Gasteiger partial charge in [0.05, 0.1) is 11.1 Å². The summed E-state index contributed by atoms with van der Waals surface area (Å²) in [7, 11) is 0. The van der Waals surface area contributed by atoms with E-state index in [1.165, 1.54) is 0 Å². The van der Waals surface area contributed by atoms with Crippen molar-refractivity contribution in [3.63, 3.8) is 0 Å². The van der Waals surface area contributed by atoms with Crippen LogP contribution in [-0.2, 0) is 5.60 Å². The summed E-state index contributed by atoms with van der Waals surface area (Å²) < 4.78 is 0. The molecule has 2 heteroatoms. The van der Waals surface area contributed by atoms with Crippen molar-refractivity contribution in [3.8, 4) is 12.3 Å². The smallest absolute Gasteiger partial charge is 0.0946 e. The summed E-state index contributed by atoms with van der Waals surface area (Å²) in [6, 6.07) is 9.97. The summed E-state index contributed by atoms with van der Waals surface area (Å²) in [4.78, 5) is 2.29. The molecule has 1 aromatic carbocycles. The molecular weight excluding hydrogens is 234 g/mol. The lowest BCUT2D eigenvalue weighted by Gasteiger charge is -2.47. The largest absolute Gasteiger partial charge is 0.385 e. The molecule has 0 saturated carbocycles. The van der Waals surface area contributed by atoms with Crippen molar-refractivity contribution in [1.82, 2.24) is 4.90 Å². The Labute approximate surface area is 116 Å². The van der Waals surface area contributed by atoms with Crippen molar-refractivity contribution in [3.05, 3.63) is 35.9 Å². The summed E-state index contributed by atoms with van der Waals surface area (Å²) in [5.74, 6) is 3.01. The number of terminal acetylenes is 1. The zero-order chi connectivity index (χ0) is 14.1. The lowest BCUT2D eigenvalue weighted by molar-refractivity contribution is -0.0837. The average molecular weight is 257 g/mol. The molecule has 19 heavy (non-hydrogen) atoms. The van der Waals surface area contributed by atoms with E-state index >= 15 is 0 Å². The lowest BCUT2D eigenvalue weighted by atomic mass is 9.76. The lowest BCUT2D eigenvalue weighted by Crippen LogP contribution is -2.55. The van der Waals surface area contributed by atoms with Crippen molar-refractivity contribution >= 4 is 0 Å². The molecule has 102 valence electrons. The van der Waals surface area contributed by atoms with Crippen LogP contribution in [0.5, 0.6) is 0 Å². The SMILES string of the molecule is C#CC(C)(C)N1CC[C@@](O)(c2ccccc2)[C@H](C)C1. The first-order valence-electron chi connectivity index (χ1n) is 6.91. The van der Waals surface area contributed by atoms with Crippen LogP contribution in [0.2, 0.25) is 0 Å². The zero-order valence-corrected chi connectivity index (χ0v) is 12.1. The Balaban J connectivity index is 2.20. The molecule has 1 saturated heterocycles. The van der Waals surface area contributed by atoms with Crippen LogP contribution >= 0.6 is 0 Å². The number of nitrogens with zero attached hydrogens (tertiary/aromatic N) is 1. The molecule has 0 aromatic heterocycles. The van der Waals surface area contributed by atoms with Crippen molar-refractivity contribution in [2.45, 2.75) is 38.3 Å². The maximum absolute atomic E-state index is 11.0. The van der Waals surface area contributed by atoms with Crippen LogP contribution in [0.15, 0.2) is 30.3 Å². The molecule has 1 fully saturated rings. The maximum atomic E-state index is 11.0. The van der Waals surface area contributed by atoms with Crippen LogP contribution < -0.4 is 0 Å². The van der Waals surface area contributed by atoms with E-state index < -0.39 is 5.60 Å². The number of aliphatic hydroxyl groups is 1. The average Bonchev–Trinajstić information content (AvgIpc) is 2.42. The summed E-state index contributed by atoms with van der Waals surface area (Å²) in [5, 5.41) is 11.0. The third-order valence-electron chi connectivity index (χ3n) is 4.49. The van der Waals surface area contributed by atoms with Gasteiger partial charge in [0.15, 0.2) is 0 Å². The topological polar surface area (TPSA) is 23.5 Å². The monoisotopic (exact) mass is 257 g/mol. The minimum absolute atomic E-state index is 0.163. The summed E-state index contributed by atoms with van der Waals surface area (Å²) in [6.07, 6.45) is 6.33. The van der Waals surface area contributed by atoms with Gasteiger partial charge >= 0.3 is 0 Å². The van der Waals surface area contributed by atoms with Crippen molar-refractivity contribution in [2.24, 2.45) is 5.92 Å². The number of benzene rings is 1. The van der Waals surface area contributed by atoms with E-state index in [9.17, 15) is 5.11 Å². The van der Waals surface area contributed by atoms with E-state index in [4.69, 9.17) is 6.42 Å². The quantitative estimate of drug-likeness (QED) is 0.823. The highest BCUT2D eigenvalue weighted by molar-refractivity contribution is 5.24. The molecule has 1 N–H and O–H groups in total. The summed E-state index contributed by atoms with van der Waals surface area (Å²) in [5.41, 5.74) is 0.0370. The van der Waals surface area contributed by atoms with E-state index in [0.29, 0.717) is 0 Å². The van der Waals surface area contributed by atoms with Crippen LogP contribution in [-0.4, -0.2) is 28.6 Å². The fraction of sp³-hybridized carbons (Fsp3) is 0.529. The summed E-state index contributed by atoms with van der Waals surface area (Å²) in [6.45, 7) is 7.88. The van der Waals surface area contributed by atoms with Crippen molar-refractivity contribution in [2.75, 3.05) is 13.1 Å². The highest BCUT2D eigenvalue weighted by Crippen LogP contribution is 2.38. The third-order valence-corrected chi connectivity index (χ3v) is 4.49. The highest BCUT2D eigenvalue weighted by Gasteiger charge is 2.42. The van der Waals surface area contributed by atoms with E-state index in [0.717, 1.165) is 25.1 Å². The van der Waals surface area contributed by atoms with Crippen molar-refractivity contribution < 1.29 is 5.11 Å². The first-order valence-corrected chi connectivity index (χ1v) is 6.91. The van der Waals surface area contributed by atoms with Crippen LogP contribution in [0, 0.1) is 18.3 Å². The number of rotatable bonds is 2. The molecule has 0 bridgehead atoms. The fourth-order valence-corrected chi connectivity index (χ4v) is 2.88. The minimum atomic E-state index is -0.734. The van der Waals surface area contributed by atoms with Gasteiger partial charge in [0.1, 0.15) is 0 Å². The van der Waals surface area contributed by atoms with Gasteiger partial charge in [-0.2, -0.15) is 0 Å². The Morgan fingerprint density at radius 3 is 2.53 bits per heavy atom. The molecule has 0 radical (unpaired) electrons. The van der Waals surface area contributed by atoms with Gasteiger partial charge in [0.25, 0.3) is 0 Å². The molecule has 2 atom stereocenters. The first-order chi connectivity index (χ1) is 8.90. The Kier molecular flexibility index (Phi) is 3.71. The number of hydrogen-bond acceptors (Lipinski definition) is 2. The van der Waals surface area contributed by atoms with E-state index in [2.05, 4.69) is 31.6 Å². The van der Waals surface area contributed by atoms with Crippen LogP contribution in [0.1, 0.15) is 32.8 Å². The predicted octanol–water partition coefficient (Wildman–Crippen LogP) is 2.63. The molecule has 1 aliphatic rings. The van der Waals surface area contributed by atoms with Gasteiger partial charge in [-0.1, -0.05) is 43.2 Å². The Morgan fingerprint density at radius 1 is 1.37 bits per heavy atom. The summed E-state index contributed by atoms with van der Waals surface area (Å²) >= 11 is 0. The molecule has 2 nitrogen and oxygen atoms in total. The third kappa shape index (κ3) is 2.54. The Hall–Kier alpha value is -1.30. The second-order valence-corrected chi connectivity index (χ2v) is 6.09. The first kappa shape index (κ1) is 14.1. The van der Waals surface area contributed by atoms with E-state index in [1.807, 2.05) is 30.3 Å². The molecule has 2 rings (SSSR count). The van der Waals surface area contributed by atoms with Gasteiger partial charge in [0, 0.05) is 19.0 Å². The molecule has 0 amide bonds. The Morgan fingerprint density at radius 2 is 2.00 bits per heavy atom. The molecule has 1 heterocycles. The number of hydrogen-bond donors (Lipinski definition) is 1. The molecule has 1 aliphatic heterocycles. The molecule has 0 spiro atoms. The van der Waals surface area contributed by atoms with Crippen LogP contribution in [0.25, 0.3) is 0 Å². The second kappa shape index (κ2) is 5.00. The normalized spacial score (nSPS) is 28.9. The Bertz CT molecular complexity index is 474. The standard InChI is InChI=1S/C17H23NO/c1-5-16(3,4)18-12-11-17(19,14(2)13-18)15-9-7-6-8-10-15/h1,6-10,14,19H,11-13H2,2-4H3/t14-,17+/m1/s1. The zero-order valence-electron chi connectivity index (χ0n) is 12.1. The highest BCUT2D eigenvalue weighted by atomic mass is 16.3. The number of piperidine rings is 1. The second-order valence-electron chi connectivity index (χ2n) is 6.09. The minimum Gasteiger partial charge on any atom is -0.385 e. The molecule has 0 aliphatic carbocycles. The van der Waals surface area contributed by atoms with Gasteiger partial charge in [-0.25, -0.2) is 0 Å². The van der Waals surface area contributed by atoms with E-state index in [1.54, 1.807) is 0 Å². The van der Waals surface area contributed by atoms with Gasteiger partial charge in [-0.05, 0) is 25.8 Å². The maximum Gasteiger partial charge on any atom is 0.0946 e. The molecule has 1 aromatic rings. The predicted molar refractivity (Wildman–Crippen MR) is 78.6 cm³/mol. The number of likely N-dealkylation sites (tertiary alicyclic amines) is 1. The van der Waals surface area contributed by atoms with Crippen LogP contribution in [0.3, 0.4) is 0 Å². The molecule has 0 unspecified atom stereocenters. The molecular formula is C17H23NO. The fourth-order valence-electron chi connectivity index (χ4n) is 2.88. The van der Waals surface area contributed by atoms with Gasteiger partial charge in [-0.3, -0.25) is 4.90 Å². The van der Waals surface area contributed by atoms with Gasteiger partial charge in [-0.15, -0.1) is 6.42 Å². The van der Waals surface area contributed by atoms with Crippen molar-refractivity contribution in [1.29, 1.82) is 0 Å².